The molecule has 2 saturated heterocycles. The number of piperazine rings is 1. The van der Waals surface area contributed by atoms with Crippen LogP contribution in [0.25, 0.3) is 0 Å². The maximum absolute atomic E-state index is 12.1. The van der Waals surface area contributed by atoms with Crippen LogP contribution in [0.15, 0.2) is 0 Å². The van der Waals surface area contributed by atoms with E-state index in [1.807, 2.05) is 0 Å². The second-order valence-electron chi connectivity index (χ2n) is 4.55. The van der Waals surface area contributed by atoms with Crippen LogP contribution in [0.1, 0.15) is 0 Å². The lowest BCUT2D eigenvalue weighted by atomic mass is 10.2. The van der Waals surface area contributed by atoms with Crippen molar-refractivity contribution in [2.24, 2.45) is 0 Å². The van der Waals surface area contributed by atoms with E-state index in [1.54, 1.807) is 4.90 Å². The molecule has 0 aromatic carbocycles. The van der Waals surface area contributed by atoms with E-state index in [0.29, 0.717) is 39.3 Å². The van der Waals surface area contributed by atoms with Crippen LogP contribution in [0.4, 0.5) is 0 Å². The molecule has 0 saturated carbocycles. The van der Waals surface area contributed by atoms with Gasteiger partial charge in [-0.1, -0.05) is 0 Å². The fraction of sp³-hybridized carbons (Fsp3) is 0.900. The summed E-state index contributed by atoms with van der Waals surface area (Å²) in [5.74, 6) is -0.0460. The van der Waals surface area contributed by atoms with Gasteiger partial charge in [-0.25, -0.2) is 8.42 Å². The smallest absolute Gasteiger partial charge is 0.253 e. The Balaban J connectivity index is 1.87. The summed E-state index contributed by atoms with van der Waals surface area (Å²) >= 11 is 0. The third-order valence-electron chi connectivity index (χ3n) is 3.22. The number of morpholine rings is 1. The molecule has 0 aliphatic carbocycles. The lowest BCUT2D eigenvalue weighted by molar-refractivity contribution is -0.146. The zero-order valence-electron chi connectivity index (χ0n) is 10.5. The highest BCUT2D eigenvalue weighted by Gasteiger charge is 2.31. The van der Waals surface area contributed by atoms with E-state index in [1.165, 1.54) is 10.6 Å². The molecule has 1 atom stereocenters. The number of carbonyl (C=O) groups excluding carboxylic acids is 1. The molecule has 18 heavy (non-hydrogen) atoms. The van der Waals surface area contributed by atoms with Crippen molar-refractivity contribution in [2.75, 3.05) is 52.1 Å². The highest BCUT2D eigenvalue weighted by atomic mass is 32.2. The molecular formula is C10H19N3O4S. The predicted octanol–water partition coefficient (Wildman–Crippen LogP) is -1.92. The van der Waals surface area contributed by atoms with Crippen molar-refractivity contribution in [3.8, 4) is 0 Å². The second-order valence-corrected chi connectivity index (χ2v) is 6.53. The number of nitrogens with one attached hydrogen (secondary N) is 1. The van der Waals surface area contributed by atoms with Crippen molar-refractivity contribution in [3.63, 3.8) is 0 Å². The number of sulfonamides is 1. The van der Waals surface area contributed by atoms with E-state index in [-0.39, 0.29) is 5.91 Å². The van der Waals surface area contributed by atoms with Gasteiger partial charge in [0.1, 0.15) is 6.10 Å². The first-order valence-corrected chi connectivity index (χ1v) is 7.89. The van der Waals surface area contributed by atoms with Crippen LogP contribution in [0.2, 0.25) is 0 Å². The van der Waals surface area contributed by atoms with Gasteiger partial charge in [0.15, 0.2) is 0 Å². The topological polar surface area (TPSA) is 79.0 Å². The Morgan fingerprint density at radius 1 is 1.28 bits per heavy atom. The summed E-state index contributed by atoms with van der Waals surface area (Å²) in [6, 6.07) is 0. The second kappa shape index (κ2) is 5.52. The van der Waals surface area contributed by atoms with E-state index >= 15 is 0 Å². The molecule has 1 unspecified atom stereocenters. The summed E-state index contributed by atoms with van der Waals surface area (Å²) in [5, 5.41) is 3.11. The Bertz CT molecular complexity index is 397. The summed E-state index contributed by atoms with van der Waals surface area (Å²) < 4.78 is 29.5. The number of hydrogen-bond acceptors (Lipinski definition) is 5. The van der Waals surface area contributed by atoms with Gasteiger partial charge in [-0.3, -0.25) is 4.79 Å². The molecule has 2 aliphatic heterocycles. The largest absolute Gasteiger partial charge is 0.366 e. The molecule has 2 fully saturated rings. The van der Waals surface area contributed by atoms with E-state index in [0.717, 1.165) is 6.54 Å². The molecule has 2 heterocycles. The standard InChI is InChI=1S/C10H19N3O4S/c1-18(15,16)13-5-3-12(4-6-13)10(14)9-8-11-2-7-17-9/h9,11H,2-8H2,1H3. The number of rotatable bonds is 2. The summed E-state index contributed by atoms with van der Waals surface area (Å²) in [6.45, 7) is 3.45. The Morgan fingerprint density at radius 2 is 1.94 bits per heavy atom. The quantitative estimate of drug-likeness (QED) is 0.636. The maximum atomic E-state index is 12.1. The van der Waals surface area contributed by atoms with E-state index in [2.05, 4.69) is 5.32 Å². The van der Waals surface area contributed by atoms with Crippen molar-refractivity contribution in [2.45, 2.75) is 6.10 Å². The van der Waals surface area contributed by atoms with E-state index in [4.69, 9.17) is 4.74 Å². The molecule has 1 amide bonds. The van der Waals surface area contributed by atoms with Crippen LogP contribution in [0, 0.1) is 0 Å². The molecule has 0 bridgehead atoms. The van der Waals surface area contributed by atoms with Crippen molar-refractivity contribution >= 4 is 15.9 Å². The zero-order chi connectivity index (χ0) is 13.2. The lowest BCUT2D eigenvalue weighted by Gasteiger charge is -2.35. The fourth-order valence-electron chi connectivity index (χ4n) is 2.17. The Hall–Kier alpha value is -0.700. The van der Waals surface area contributed by atoms with Gasteiger partial charge in [0.25, 0.3) is 5.91 Å². The Labute approximate surface area is 107 Å². The third-order valence-corrected chi connectivity index (χ3v) is 4.53. The van der Waals surface area contributed by atoms with Gasteiger partial charge >= 0.3 is 0 Å². The molecule has 2 aliphatic rings. The first-order valence-electron chi connectivity index (χ1n) is 6.05. The van der Waals surface area contributed by atoms with Crippen LogP contribution >= 0.6 is 0 Å². The minimum atomic E-state index is -3.15. The van der Waals surface area contributed by atoms with Crippen LogP contribution in [0.5, 0.6) is 0 Å². The number of hydrogen-bond donors (Lipinski definition) is 1. The summed E-state index contributed by atoms with van der Waals surface area (Å²) in [6.07, 6.45) is 0.766. The normalized spacial score (nSPS) is 27.2. The first kappa shape index (κ1) is 13.7. The van der Waals surface area contributed by atoms with Crippen LogP contribution in [0.3, 0.4) is 0 Å². The average Bonchev–Trinajstić information content (AvgIpc) is 2.38. The fourth-order valence-corrected chi connectivity index (χ4v) is 2.99. The number of carbonyl (C=O) groups is 1. The maximum Gasteiger partial charge on any atom is 0.253 e. The van der Waals surface area contributed by atoms with Gasteiger partial charge in [-0.2, -0.15) is 4.31 Å². The number of nitrogens with zero attached hydrogens (tertiary/aromatic N) is 2. The molecule has 7 nitrogen and oxygen atoms in total. The van der Waals surface area contributed by atoms with E-state index in [9.17, 15) is 13.2 Å². The first-order chi connectivity index (χ1) is 8.48. The van der Waals surface area contributed by atoms with Crippen LogP contribution in [-0.4, -0.2) is 81.8 Å². The van der Waals surface area contributed by atoms with Crippen LogP contribution < -0.4 is 5.32 Å². The van der Waals surface area contributed by atoms with Crippen molar-refractivity contribution in [1.82, 2.24) is 14.5 Å². The van der Waals surface area contributed by atoms with Crippen molar-refractivity contribution < 1.29 is 17.9 Å². The van der Waals surface area contributed by atoms with Gasteiger partial charge in [0.05, 0.1) is 12.9 Å². The van der Waals surface area contributed by atoms with Gasteiger partial charge in [-0.15, -0.1) is 0 Å². The zero-order valence-corrected chi connectivity index (χ0v) is 11.3. The third kappa shape index (κ3) is 3.19. The molecule has 2 rings (SSSR count). The molecule has 0 radical (unpaired) electrons. The van der Waals surface area contributed by atoms with Gasteiger partial charge in [0, 0.05) is 39.3 Å². The molecule has 0 aromatic heterocycles. The van der Waals surface area contributed by atoms with Gasteiger partial charge in [0.2, 0.25) is 10.0 Å². The number of ether oxygens (including phenoxy) is 1. The summed E-state index contributed by atoms with van der Waals surface area (Å²) in [5.41, 5.74) is 0. The molecule has 8 heteroatoms. The Kier molecular flexibility index (Phi) is 4.21. The highest BCUT2D eigenvalue weighted by Crippen LogP contribution is 2.09. The van der Waals surface area contributed by atoms with Gasteiger partial charge in [-0.05, 0) is 0 Å². The summed E-state index contributed by atoms with van der Waals surface area (Å²) in [7, 11) is -3.15. The highest BCUT2D eigenvalue weighted by molar-refractivity contribution is 7.88. The molecule has 0 spiro atoms. The summed E-state index contributed by atoms with van der Waals surface area (Å²) in [4.78, 5) is 13.8. The minimum Gasteiger partial charge on any atom is -0.366 e. The molecule has 1 N–H and O–H groups in total. The van der Waals surface area contributed by atoms with E-state index < -0.39 is 16.1 Å². The van der Waals surface area contributed by atoms with Crippen LogP contribution in [-0.2, 0) is 19.6 Å². The Morgan fingerprint density at radius 3 is 2.44 bits per heavy atom. The minimum absolute atomic E-state index is 0.0460. The SMILES string of the molecule is CS(=O)(=O)N1CCN(C(=O)C2CNCCO2)CC1. The average molecular weight is 277 g/mol. The molecular weight excluding hydrogens is 258 g/mol. The van der Waals surface area contributed by atoms with Crippen molar-refractivity contribution in [1.29, 1.82) is 0 Å². The monoisotopic (exact) mass is 277 g/mol. The van der Waals surface area contributed by atoms with Gasteiger partial charge < -0.3 is 15.0 Å². The molecule has 0 aromatic rings. The predicted molar refractivity (Wildman–Crippen MR) is 65.6 cm³/mol. The lowest BCUT2D eigenvalue weighted by Crippen LogP contribution is -2.55. The van der Waals surface area contributed by atoms with Crippen molar-refractivity contribution in [3.05, 3.63) is 0 Å². The number of amides is 1. The molecule has 104 valence electrons.